The highest BCUT2D eigenvalue weighted by molar-refractivity contribution is 7.47. The van der Waals surface area contributed by atoms with Crippen molar-refractivity contribution < 1.29 is 80.2 Å². The number of phosphoric ester groups is 2. The van der Waals surface area contributed by atoms with E-state index in [1.165, 1.54) is 141 Å². The minimum absolute atomic E-state index is 0.0987. The lowest BCUT2D eigenvalue weighted by Gasteiger charge is -2.21. The molecule has 0 aliphatic heterocycles. The molecule has 0 bridgehead atoms. The Bertz CT molecular complexity index is 1670. The summed E-state index contributed by atoms with van der Waals surface area (Å²) in [6.07, 6.45) is 42.5. The first-order valence-corrected chi connectivity index (χ1v) is 37.5. The molecule has 0 saturated heterocycles. The van der Waals surface area contributed by atoms with Crippen molar-refractivity contribution in [3.05, 3.63) is 0 Å². The lowest BCUT2D eigenvalue weighted by Crippen LogP contribution is -2.30. The number of aliphatic hydroxyl groups is 1. The molecule has 0 radical (unpaired) electrons. The van der Waals surface area contributed by atoms with Gasteiger partial charge in [-0.15, -0.1) is 0 Å². The molecule has 0 aromatic rings. The molecule has 504 valence electrons. The molecule has 0 aromatic carbocycles. The van der Waals surface area contributed by atoms with Crippen molar-refractivity contribution in [1.82, 2.24) is 0 Å². The van der Waals surface area contributed by atoms with Crippen molar-refractivity contribution in [3.8, 4) is 0 Å². The Labute approximate surface area is 517 Å². The summed E-state index contributed by atoms with van der Waals surface area (Å²) >= 11 is 0. The lowest BCUT2D eigenvalue weighted by atomic mass is 9.99. The standard InChI is InChI=1S/C66H128O17P2/c1-7-10-12-34-42-48-63(68)76-54-61(82-65(70)50-44-35-13-11-8-2)56-80-84(72,73)78-52-60(67)53-79-85(74,75)81-57-62(55-77-64(69)49-43-38-32-28-24-20-16-14-18-22-26-30-36-40-46-58(4)5)83-66(71)51-45-39-33-29-25-21-17-15-19-23-27-31-37-41-47-59(6)9-3/h58-62,67H,7-57H2,1-6H3,(H,72,73)(H,74,75)/t59?,60-,61+,62+/m0/s1. The van der Waals surface area contributed by atoms with E-state index in [-0.39, 0.29) is 25.7 Å². The second kappa shape index (κ2) is 58.4. The first-order chi connectivity index (χ1) is 40.9. The maximum Gasteiger partial charge on any atom is 0.472 e. The normalized spacial score (nSPS) is 14.6. The fourth-order valence-electron chi connectivity index (χ4n) is 9.85. The molecule has 0 amide bonds. The van der Waals surface area contributed by atoms with Gasteiger partial charge in [0.25, 0.3) is 0 Å². The largest absolute Gasteiger partial charge is 0.472 e. The zero-order valence-electron chi connectivity index (χ0n) is 54.9. The zero-order valence-corrected chi connectivity index (χ0v) is 56.7. The molecule has 0 aromatic heterocycles. The van der Waals surface area contributed by atoms with Gasteiger partial charge in [0.2, 0.25) is 0 Å². The summed E-state index contributed by atoms with van der Waals surface area (Å²) in [6.45, 7) is 9.41. The Morgan fingerprint density at radius 3 is 0.894 bits per heavy atom. The first kappa shape index (κ1) is 83.1. The monoisotopic (exact) mass is 1250 g/mol. The summed E-state index contributed by atoms with van der Waals surface area (Å²) < 4.78 is 67.6. The van der Waals surface area contributed by atoms with E-state index in [9.17, 15) is 43.2 Å². The van der Waals surface area contributed by atoms with Gasteiger partial charge in [-0.3, -0.25) is 37.3 Å². The van der Waals surface area contributed by atoms with Gasteiger partial charge in [0.05, 0.1) is 26.4 Å². The molecule has 3 N–H and O–H groups in total. The van der Waals surface area contributed by atoms with Crippen LogP contribution in [0.15, 0.2) is 0 Å². The van der Waals surface area contributed by atoms with Crippen LogP contribution in [0.3, 0.4) is 0 Å². The number of carbonyl (C=O) groups is 4. The van der Waals surface area contributed by atoms with Crippen LogP contribution >= 0.6 is 15.6 Å². The van der Waals surface area contributed by atoms with Crippen molar-refractivity contribution >= 4 is 39.5 Å². The van der Waals surface area contributed by atoms with Crippen molar-refractivity contribution in [2.24, 2.45) is 11.8 Å². The van der Waals surface area contributed by atoms with Crippen molar-refractivity contribution in [2.45, 2.75) is 349 Å². The number of carbonyl (C=O) groups excluding carboxylic acids is 4. The molecule has 0 rings (SSSR count). The molecule has 17 nitrogen and oxygen atoms in total. The number of ether oxygens (including phenoxy) is 4. The van der Waals surface area contributed by atoms with Gasteiger partial charge in [-0.1, -0.05) is 279 Å². The number of aliphatic hydroxyl groups excluding tert-OH is 1. The molecule has 6 atom stereocenters. The molecule has 0 saturated carbocycles. The van der Waals surface area contributed by atoms with Gasteiger partial charge in [-0.05, 0) is 37.5 Å². The average Bonchev–Trinajstić information content (AvgIpc) is 3.53. The smallest absolute Gasteiger partial charge is 0.462 e. The molecule has 19 heteroatoms. The van der Waals surface area contributed by atoms with E-state index in [2.05, 4.69) is 41.5 Å². The van der Waals surface area contributed by atoms with Crippen molar-refractivity contribution in [1.29, 1.82) is 0 Å². The molecule has 0 aliphatic carbocycles. The van der Waals surface area contributed by atoms with Crippen LogP contribution in [0.2, 0.25) is 0 Å². The average molecular weight is 1260 g/mol. The molecule has 0 spiro atoms. The van der Waals surface area contributed by atoms with Crippen LogP contribution in [0.25, 0.3) is 0 Å². The van der Waals surface area contributed by atoms with Crippen LogP contribution in [0.5, 0.6) is 0 Å². The van der Waals surface area contributed by atoms with Crippen LogP contribution in [0, 0.1) is 11.8 Å². The summed E-state index contributed by atoms with van der Waals surface area (Å²) in [5, 5.41) is 10.5. The molecule has 3 unspecified atom stereocenters. The van der Waals surface area contributed by atoms with Crippen LogP contribution < -0.4 is 0 Å². The Morgan fingerprint density at radius 1 is 0.341 bits per heavy atom. The van der Waals surface area contributed by atoms with E-state index in [0.29, 0.717) is 25.7 Å². The molecular weight excluding hydrogens is 1130 g/mol. The van der Waals surface area contributed by atoms with Crippen LogP contribution in [-0.4, -0.2) is 96.7 Å². The van der Waals surface area contributed by atoms with E-state index in [4.69, 9.17) is 37.0 Å². The molecular formula is C66H128O17P2. The highest BCUT2D eigenvalue weighted by atomic mass is 31.2. The summed E-state index contributed by atoms with van der Waals surface area (Å²) in [4.78, 5) is 71.8. The van der Waals surface area contributed by atoms with Crippen LogP contribution in [-0.2, 0) is 65.4 Å². The van der Waals surface area contributed by atoms with E-state index in [0.717, 1.165) is 108 Å². The maximum absolute atomic E-state index is 13.0. The Balaban J connectivity index is 5.08. The third kappa shape index (κ3) is 59.5. The summed E-state index contributed by atoms with van der Waals surface area (Å²) in [5.41, 5.74) is 0. The summed E-state index contributed by atoms with van der Waals surface area (Å²) in [6, 6.07) is 0. The number of esters is 4. The predicted molar refractivity (Wildman–Crippen MR) is 340 cm³/mol. The number of hydrogen-bond donors (Lipinski definition) is 3. The Morgan fingerprint density at radius 2 is 0.600 bits per heavy atom. The SMILES string of the molecule is CCCCCCCC(=O)OC[C@H](COP(=O)(O)OC[C@H](O)COP(=O)(O)OC[C@@H](COC(=O)CCCCCCCCCCCCCCCCC(C)C)OC(=O)CCCCCCCCCCCCCCCCC(C)CC)OC(=O)CCCCCCC. The summed E-state index contributed by atoms with van der Waals surface area (Å²) in [5.74, 6) is -0.508. The molecule has 85 heavy (non-hydrogen) atoms. The number of unbranched alkanes of at least 4 members (excludes halogenated alkanes) is 34. The second-order valence-electron chi connectivity index (χ2n) is 24.6. The van der Waals surface area contributed by atoms with Gasteiger partial charge in [-0.25, -0.2) is 9.13 Å². The minimum atomic E-state index is -4.94. The van der Waals surface area contributed by atoms with E-state index < -0.39 is 97.5 Å². The van der Waals surface area contributed by atoms with Gasteiger partial charge in [0.15, 0.2) is 12.2 Å². The number of hydrogen-bond acceptors (Lipinski definition) is 15. The van der Waals surface area contributed by atoms with Gasteiger partial charge < -0.3 is 33.8 Å². The third-order valence-corrected chi connectivity index (χ3v) is 17.5. The second-order valence-corrected chi connectivity index (χ2v) is 27.5. The quantitative estimate of drug-likeness (QED) is 0.0222. The van der Waals surface area contributed by atoms with Gasteiger partial charge in [-0.2, -0.15) is 0 Å². The summed E-state index contributed by atoms with van der Waals surface area (Å²) in [7, 11) is -9.87. The van der Waals surface area contributed by atoms with Crippen molar-refractivity contribution in [2.75, 3.05) is 39.6 Å². The fraction of sp³-hybridized carbons (Fsp3) is 0.939. The minimum Gasteiger partial charge on any atom is -0.462 e. The fourth-order valence-corrected chi connectivity index (χ4v) is 11.4. The predicted octanol–water partition coefficient (Wildman–Crippen LogP) is 18.4. The van der Waals surface area contributed by atoms with E-state index in [1.54, 1.807) is 0 Å². The third-order valence-electron chi connectivity index (χ3n) is 15.6. The molecule has 0 heterocycles. The number of phosphoric acid groups is 2. The Kier molecular flexibility index (Phi) is 57.1. The lowest BCUT2D eigenvalue weighted by molar-refractivity contribution is -0.161. The topological polar surface area (TPSA) is 237 Å². The zero-order chi connectivity index (χ0) is 62.9. The highest BCUT2D eigenvalue weighted by Crippen LogP contribution is 2.45. The van der Waals surface area contributed by atoms with Gasteiger partial charge in [0.1, 0.15) is 19.3 Å². The van der Waals surface area contributed by atoms with Gasteiger partial charge >= 0.3 is 39.5 Å². The highest BCUT2D eigenvalue weighted by Gasteiger charge is 2.30. The van der Waals surface area contributed by atoms with Crippen LogP contribution in [0.4, 0.5) is 0 Å². The van der Waals surface area contributed by atoms with Crippen molar-refractivity contribution in [3.63, 3.8) is 0 Å². The van der Waals surface area contributed by atoms with E-state index >= 15 is 0 Å². The molecule has 0 fully saturated rings. The molecule has 0 aliphatic rings. The van der Waals surface area contributed by atoms with Gasteiger partial charge in [0, 0.05) is 25.7 Å². The Hall–Kier alpha value is -1.94. The number of rotatable bonds is 65. The maximum atomic E-state index is 13.0. The first-order valence-electron chi connectivity index (χ1n) is 34.5. The van der Waals surface area contributed by atoms with Crippen LogP contribution in [0.1, 0.15) is 330 Å². The van der Waals surface area contributed by atoms with E-state index in [1.807, 2.05) is 0 Å².